The summed E-state index contributed by atoms with van der Waals surface area (Å²) in [6.07, 6.45) is 21.9. The lowest BCUT2D eigenvalue weighted by atomic mass is 10.0. The average Bonchev–Trinajstić information content (AvgIpc) is 2.80. The highest BCUT2D eigenvalue weighted by molar-refractivity contribution is 5.76. The van der Waals surface area contributed by atoms with Crippen molar-refractivity contribution >= 4 is 5.91 Å². The monoisotopic (exact) mass is 471 g/mol. The third kappa shape index (κ3) is 21.6. The lowest BCUT2D eigenvalue weighted by Crippen LogP contribution is -2.46. The van der Waals surface area contributed by atoms with Crippen LogP contribution in [0.15, 0.2) is 0 Å². The molecule has 0 aliphatic rings. The Balaban J connectivity index is 3.77. The van der Waals surface area contributed by atoms with E-state index in [2.05, 4.69) is 19.2 Å². The second-order valence-corrected chi connectivity index (χ2v) is 10.0. The zero-order valence-electron chi connectivity index (χ0n) is 22.0. The quantitative estimate of drug-likeness (QED) is 0.116. The molecule has 0 aliphatic carbocycles. The third-order valence-electron chi connectivity index (χ3n) is 6.67. The lowest BCUT2D eigenvalue weighted by Gasteiger charge is -2.23. The van der Waals surface area contributed by atoms with E-state index in [1.807, 2.05) is 0 Å². The highest BCUT2D eigenvalue weighted by Crippen LogP contribution is 2.14. The molecule has 198 valence electrons. The summed E-state index contributed by atoms with van der Waals surface area (Å²) in [5, 5.41) is 32.8. The predicted molar refractivity (Wildman–Crippen MR) is 139 cm³/mol. The molecule has 0 radical (unpaired) electrons. The smallest absolute Gasteiger partial charge is 0.222 e. The second kappa shape index (κ2) is 24.5. The Morgan fingerprint density at radius 3 is 1.45 bits per heavy atom. The van der Waals surface area contributed by atoms with Crippen LogP contribution in [0.2, 0.25) is 0 Å². The SMILES string of the molecule is CCCCCCCCCCCCC(O)C(CO)NC(=O)CC(O)CCCCCCCCCC. The Morgan fingerprint density at radius 1 is 0.636 bits per heavy atom. The van der Waals surface area contributed by atoms with Gasteiger partial charge in [-0.3, -0.25) is 4.79 Å². The fraction of sp³-hybridized carbons (Fsp3) is 0.964. The van der Waals surface area contributed by atoms with Crippen LogP contribution >= 0.6 is 0 Å². The number of amides is 1. The molecule has 0 aromatic rings. The molecule has 0 aromatic heterocycles. The Kier molecular flexibility index (Phi) is 24.0. The first kappa shape index (κ1) is 32.4. The van der Waals surface area contributed by atoms with E-state index in [1.165, 1.54) is 89.9 Å². The molecule has 0 heterocycles. The van der Waals surface area contributed by atoms with Gasteiger partial charge in [0.25, 0.3) is 0 Å². The summed E-state index contributed by atoms with van der Waals surface area (Å²) >= 11 is 0. The summed E-state index contributed by atoms with van der Waals surface area (Å²) in [6, 6.07) is -0.647. The van der Waals surface area contributed by atoms with E-state index in [0.717, 1.165) is 25.7 Å². The summed E-state index contributed by atoms with van der Waals surface area (Å²) in [7, 11) is 0. The number of aliphatic hydroxyl groups is 3. The summed E-state index contributed by atoms with van der Waals surface area (Å²) < 4.78 is 0. The fourth-order valence-electron chi connectivity index (χ4n) is 4.40. The van der Waals surface area contributed by atoms with Crippen LogP contribution in [-0.2, 0) is 4.79 Å². The van der Waals surface area contributed by atoms with Crippen LogP contribution in [0.25, 0.3) is 0 Å². The number of carbonyl (C=O) groups excluding carboxylic acids is 1. The van der Waals surface area contributed by atoms with Crippen LogP contribution in [0.4, 0.5) is 0 Å². The Morgan fingerprint density at radius 2 is 1.03 bits per heavy atom. The first-order valence-electron chi connectivity index (χ1n) is 14.3. The number of unbranched alkanes of at least 4 members (excludes halogenated alkanes) is 16. The minimum absolute atomic E-state index is 0.0397. The second-order valence-electron chi connectivity index (χ2n) is 10.0. The van der Waals surface area contributed by atoms with E-state index in [-0.39, 0.29) is 18.9 Å². The third-order valence-corrected chi connectivity index (χ3v) is 6.67. The maximum Gasteiger partial charge on any atom is 0.222 e. The van der Waals surface area contributed by atoms with Gasteiger partial charge in [0, 0.05) is 0 Å². The Bertz CT molecular complexity index is 419. The van der Waals surface area contributed by atoms with Crippen molar-refractivity contribution in [2.45, 2.75) is 167 Å². The van der Waals surface area contributed by atoms with Crippen LogP contribution < -0.4 is 5.32 Å². The number of hydrogen-bond donors (Lipinski definition) is 4. The van der Waals surface area contributed by atoms with Crippen molar-refractivity contribution in [3.8, 4) is 0 Å². The molecular formula is C28H57NO4. The molecule has 33 heavy (non-hydrogen) atoms. The maximum atomic E-state index is 12.2. The van der Waals surface area contributed by atoms with Crippen LogP contribution in [0.1, 0.15) is 149 Å². The van der Waals surface area contributed by atoms with Gasteiger partial charge in [0.15, 0.2) is 0 Å². The first-order chi connectivity index (χ1) is 16.0. The summed E-state index contributed by atoms with van der Waals surface area (Å²) in [4.78, 5) is 12.2. The molecule has 0 aliphatic heterocycles. The van der Waals surface area contributed by atoms with Gasteiger partial charge in [0.05, 0.1) is 31.3 Å². The molecule has 5 heteroatoms. The molecule has 3 unspecified atom stereocenters. The van der Waals surface area contributed by atoms with E-state index >= 15 is 0 Å². The number of hydrogen-bond acceptors (Lipinski definition) is 4. The highest BCUT2D eigenvalue weighted by Gasteiger charge is 2.21. The average molecular weight is 472 g/mol. The minimum Gasteiger partial charge on any atom is -0.394 e. The molecular weight excluding hydrogens is 414 g/mol. The minimum atomic E-state index is -0.738. The Hall–Kier alpha value is -0.650. The van der Waals surface area contributed by atoms with Gasteiger partial charge < -0.3 is 20.6 Å². The fourth-order valence-corrected chi connectivity index (χ4v) is 4.40. The molecule has 0 aromatic carbocycles. The lowest BCUT2D eigenvalue weighted by molar-refractivity contribution is -0.125. The normalized spacial score (nSPS) is 14.2. The van der Waals surface area contributed by atoms with Crippen molar-refractivity contribution in [3.63, 3.8) is 0 Å². The molecule has 3 atom stereocenters. The largest absolute Gasteiger partial charge is 0.394 e. The standard InChI is InChI=1S/C28H57NO4/c1-3-5-7-9-11-13-14-16-18-20-22-27(32)26(24-30)29-28(33)23-25(31)21-19-17-15-12-10-8-6-4-2/h25-27,30-32H,3-24H2,1-2H3,(H,29,33). The summed E-state index contributed by atoms with van der Waals surface area (Å²) in [6.45, 7) is 4.18. The van der Waals surface area contributed by atoms with Gasteiger partial charge >= 0.3 is 0 Å². The zero-order chi connectivity index (χ0) is 24.6. The van der Waals surface area contributed by atoms with Crippen molar-refractivity contribution in [1.29, 1.82) is 0 Å². The van der Waals surface area contributed by atoms with E-state index in [1.54, 1.807) is 0 Å². The van der Waals surface area contributed by atoms with Gasteiger partial charge in [-0.1, -0.05) is 129 Å². The van der Waals surface area contributed by atoms with Crippen molar-refractivity contribution in [1.82, 2.24) is 5.32 Å². The van der Waals surface area contributed by atoms with Crippen LogP contribution in [0.3, 0.4) is 0 Å². The van der Waals surface area contributed by atoms with Gasteiger partial charge in [-0.2, -0.15) is 0 Å². The molecule has 1 amide bonds. The van der Waals surface area contributed by atoms with Gasteiger partial charge in [-0.15, -0.1) is 0 Å². The molecule has 4 N–H and O–H groups in total. The summed E-state index contributed by atoms with van der Waals surface area (Å²) in [5.74, 6) is -0.289. The molecule has 5 nitrogen and oxygen atoms in total. The van der Waals surface area contributed by atoms with Gasteiger partial charge in [-0.05, 0) is 12.8 Å². The summed E-state index contributed by atoms with van der Waals surface area (Å²) in [5.41, 5.74) is 0. The van der Waals surface area contributed by atoms with Crippen molar-refractivity contribution in [2.75, 3.05) is 6.61 Å². The first-order valence-corrected chi connectivity index (χ1v) is 14.3. The van der Waals surface area contributed by atoms with E-state index in [0.29, 0.717) is 12.8 Å². The number of aliphatic hydroxyl groups excluding tert-OH is 3. The van der Waals surface area contributed by atoms with Crippen LogP contribution in [0, 0.1) is 0 Å². The highest BCUT2D eigenvalue weighted by atomic mass is 16.3. The zero-order valence-corrected chi connectivity index (χ0v) is 22.0. The van der Waals surface area contributed by atoms with E-state index in [4.69, 9.17) is 0 Å². The molecule has 0 saturated carbocycles. The molecule has 0 saturated heterocycles. The van der Waals surface area contributed by atoms with E-state index < -0.39 is 18.2 Å². The van der Waals surface area contributed by atoms with Crippen molar-refractivity contribution in [3.05, 3.63) is 0 Å². The van der Waals surface area contributed by atoms with Gasteiger partial charge in [-0.25, -0.2) is 0 Å². The molecule has 0 bridgehead atoms. The number of nitrogens with one attached hydrogen (secondary N) is 1. The van der Waals surface area contributed by atoms with Crippen molar-refractivity contribution in [2.24, 2.45) is 0 Å². The Labute approximate surface area is 205 Å². The van der Waals surface area contributed by atoms with E-state index in [9.17, 15) is 20.1 Å². The number of carbonyl (C=O) groups is 1. The maximum absolute atomic E-state index is 12.2. The van der Waals surface area contributed by atoms with Crippen molar-refractivity contribution < 1.29 is 20.1 Å². The number of rotatable bonds is 25. The van der Waals surface area contributed by atoms with Crippen LogP contribution in [-0.4, -0.2) is 46.1 Å². The topological polar surface area (TPSA) is 89.8 Å². The molecule has 0 rings (SSSR count). The van der Waals surface area contributed by atoms with Crippen LogP contribution in [0.5, 0.6) is 0 Å². The van der Waals surface area contributed by atoms with Gasteiger partial charge in [0.1, 0.15) is 0 Å². The molecule has 0 fully saturated rings. The molecule has 0 spiro atoms. The van der Waals surface area contributed by atoms with Gasteiger partial charge in [0.2, 0.25) is 5.91 Å². The predicted octanol–water partition coefficient (Wildman–Crippen LogP) is 6.42.